The van der Waals surface area contributed by atoms with Crippen molar-refractivity contribution in [3.8, 4) is 0 Å². The van der Waals surface area contributed by atoms with Crippen LogP contribution in [0.25, 0.3) is 0 Å². The molecule has 1 atom stereocenters. The highest BCUT2D eigenvalue weighted by molar-refractivity contribution is 5.74. The first-order chi connectivity index (χ1) is 7.60. The normalized spacial score (nSPS) is 12.2. The largest absolute Gasteiger partial charge is 0.467 e. The second-order valence-electron chi connectivity index (χ2n) is 3.81. The first-order valence-electron chi connectivity index (χ1n) is 5.43. The van der Waals surface area contributed by atoms with Crippen molar-refractivity contribution in [2.45, 2.75) is 32.8 Å². The van der Waals surface area contributed by atoms with Gasteiger partial charge in [-0.05, 0) is 30.0 Å². The number of aliphatic hydroxyl groups excluding tert-OH is 1. The van der Waals surface area contributed by atoms with Gasteiger partial charge in [-0.2, -0.15) is 0 Å². The first-order valence-corrected chi connectivity index (χ1v) is 5.43. The zero-order valence-corrected chi connectivity index (χ0v) is 9.99. The summed E-state index contributed by atoms with van der Waals surface area (Å²) in [7, 11) is 1.28. The van der Waals surface area contributed by atoms with Crippen LogP contribution < -0.4 is 0 Å². The molecule has 0 aromatic heterocycles. The number of carbonyl (C=O) groups is 1. The van der Waals surface area contributed by atoms with Crippen LogP contribution >= 0.6 is 0 Å². The number of hydrogen-bond donors (Lipinski definition) is 1. The van der Waals surface area contributed by atoms with Gasteiger partial charge >= 0.3 is 5.97 Å². The molecule has 0 saturated heterocycles. The van der Waals surface area contributed by atoms with Crippen molar-refractivity contribution < 1.29 is 14.6 Å². The van der Waals surface area contributed by atoms with Crippen LogP contribution in [0.1, 0.15) is 23.6 Å². The second-order valence-corrected chi connectivity index (χ2v) is 3.81. The predicted molar refractivity (Wildman–Crippen MR) is 62.3 cm³/mol. The van der Waals surface area contributed by atoms with Crippen LogP contribution in [0.15, 0.2) is 18.2 Å². The molecule has 1 rings (SSSR count). The Morgan fingerprint density at radius 3 is 2.75 bits per heavy atom. The van der Waals surface area contributed by atoms with E-state index in [1.165, 1.54) is 12.7 Å². The number of aliphatic hydroxyl groups is 1. The molecule has 1 aromatic rings. The number of benzene rings is 1. The van der Waals surface area contributed by atoms with E-state index >= 15 is 0 Å². The van der Waals surface area contributed by atoms with Gasteiger partial charge < -0.3 is 9.84 Å². The lowest BCUT2D eigenvalue weighted by atomic mass is 9.95. The monoisotopic (exact) mass is 222 g/mol. The van der Waals surface area contributed by atoms with E-state index in [1.54, 1.807) is 0 Å². The van der Waals surface area contributed by atoms with Gasteiger partial charge in [-0.25, -0.2) is 4.79 Å². The number of ether oxygens (including phenoxy) is 1. The Kier molecular flexibility index (Phi) is 4.50. The number of hydrogen-bond acceptors (Lipinski definition) is 3. The number of carbonyl (C=O) groups excluding carboxylic acids is 1. The lowest BCUT2D eigenvalue weighted by Crippen LogP contribution is -2.25. The average molecular weight is 222 g/mol. The SMILES string of the molecule is CCc1cccc(C)c1C[C@H](O)C(=O)OC. The summed E-state index contributed by atoms with van der Waals surface area (Å²) in [6.07, 6.45) is 0.143. The predicted octanol–water partition coefficient (Wildman–Crippen LogP) is 1.63. The summed E-state index contributed by atoms with van der Waals surface area (Å²) < 4.78 is 4.51. The zero-order chi connectivity index (χ0) is 12.1. The highest BCUT2D eigenvalue weighted by Crippen LogP contribution is 2.17. The summed E-state index contributed by atoms with van der Waals surface area (Å²) in [5.74, 6) is -0.578. The maximum absolute atomic E-state index is 11.2. The molecule has 0 amide bonds. The summed E-state index contributed by atoms with van der Waals surface area (Å²) in [6, 6.07) is 5.99. The van der Waals surface area contributed by atoms with E-state index in [0.29, 0.717) is 6.42 Å². The van der Waals surface area contributed by atoms with E-state index in [2.05, 4.69) is 11.7 Å². The van der Waals surface area contributed by atoms with Crippen molar-refractivity contribution >= 4 is 5.97 Å². The standard InChI is InChI=1S/C13H18O3/c1-4-10-7-5-6-9(2)11(10)8-12(14)13(15)16-3/h5-7,12,14H,4,8H2,1-3H3/t12-/m0/s1. The minimum absolute atomic E-state index is 0.322. The molecule has 1 N–H and O–H groups in total. The fourth-order valence-electron chi connectivity index (χ4n) is 1.80. The van der Waals surface area contributed by atoms with E-state index in [0.717, 1.165) is 17.5 Å². The molecule has 0 aliphatic heterocycles. The fourth-order valence-corrected chi connectivity index (χ4v) is 1.80. The molecule has 88 valence electrons. The second kappa shape index (κ2) is 5.66. The smallest absolute Gasteiger partial charge is 0.335 e. The maximum Gasteiger partial charge on any atom is 0.335 e. The molecule has 0 heterocycles. The third-order valence-electron chi connectivity index (χ3n) is 2.76. The van der Waals surface area contributed by atoms with E-state index in [9.17, 15) is 9.90 Å². The molecule has 3 nitrogen and oxygen atoms in total. The van der Waals surface area contributed by atoms with E-state index in [4.69, 9.17) is 0 Å². The van der Waals surface area contributed by atoms with Gasteiger partial charge in [0.2, 0.25) is 0 Å². The Morgan fingerprint density at radius 2 is 2.19 bits per heavy atom. The zero-order valence-electron chi connectivity index (χ0n) is 9.99. The number of aryl methyl sites for hydroxylation is 2. The van der Waals surface area contributed by atoms with Gasteiger partial charge in [0.15, 0.2) is 6.10 Å². The van der Waals surface area contributed by atoms with Crippen molar-refractivity contribution in [3.05, 3.63) is 34.9 Å². The van der Waals surface area contributed by atoms with Crippen LogP contribution in [0.3, 0.4) is 0 Å². The number of rotatable bonds is 4. The summed E-state index contributed by atoms with van der Waals surface area (Å²) in [4.78, 5) is 11.2. The molecule has 1 aromatic carbocycles. The van der Waals surface area contributed by atoms with Crippen LogP contribution in [-0.4, -0.2) is 24.3 Å². The first kappa shape index (κ1) is 12.7. The number of esters is 1. The van der Waals surface area contributed by atoms with Crippen molar-refractivity contribution in [3.63, 3.8) is 0 Å². The minimum atomic E-state index is -1.07. The van der Waals surface area contributed by atoms with Gasteiger partial charge in [-0.1, -0.05) is 25.1 Å². The molecule has 0 fully saturated rings. The quantitative estimate of drug-likeness (QED) is 0.788. The molecular weight excluding hydrogens is 204 g/mol. The lowest BCUT2D eigenvalue weighted by Gasteiger charge is -2.14. The van der Waals surface area contributed by atoms with Crippen molar-refractivity contribution in [1.29, 1.82) is 0 Å². The van der Waals surface area contributed by atoms with Crippen molar-refractivity contribution in [1.82, 2.24) is 0 Å². The third kappa shape index (κ3) is 2.83. The van der Waals surface area contributed by atoms with Crippen LogP contribution in [-0.2, 0) is 22.4 Å². The molecule has 0 bridgehead atoms. The Balaban J connectivity index is 2.91. The number of methoxy groups -OCH3 is 1. The van der Waals surface area contributed by atoms with Crippen LogP contribution in [0.5, 0.6) is 0 Å². The van der Waals surface area contributed by atoms with Crippen LogP contribution in [0.2, 0.25) is 0 Å². The van der Waals surface area contributed by atoms with Gasteiger partial charge in [0.1, 0.15) is 0 Å². The maximum atomic E-state index is 11.2. The van der Waals surface area contributed by atoms with Crippen LogP contribution in [0, 0.1) is 6.92 Å². The van der Waals surface area contributed by atoms with Crippen molar-refractivity contribution in [2.24, 2.45) is 0 Å². The van der Waals surface area contributed by atoms with E-state index in [-0.39, 0.29) is 0 Å². The molecular formula is C13H18O3. The molecule has 3 heteroatoms. The molecule has 0 unspecified atom stereocenters. The van der Waals surface area contributed by atoms with Gasteiger partial charge in [-0.15, -0.1) is 0 Å². The van der Waals surface area contributed by atoms with Crippen LogP contribution in [0.4, 0.5) is 0 Å². The lowest BCUT2D eigenvalue weighted by molar-refractivity contribution is -0.150. The molecule has 0 radical (unpaired) electrons. The van der Waals surface area contributed by atoms with E-state index < -0.39 is 12.1 Å². The van der Waals surface area contributed by atoms with Gasteiger partial charge in [0, 0.05) is 6.42 Å². The highest BCUT2D eigenvalue weighted by atomic mass is 16.5. The topological polar surface area (TPSA) is 46.5 Å². The summed E-state index contributed by atoms with van der Waals surface area (Å²) in [5, 5.41) is 9.64. The van der Waals surface area contributed by atoms with Gasteiger partial charge in [0.05, 0.1) is 7.11 Å². The Labute approximate surface area is 96.1 Å². The van der Waals surface area contributed by atoms with Gasteiger partial charge in [-0.3, -0.25) is 0 Å². The minimum Gasteiger partial charge on any atom is -0.467 e. The highest BCUT2D eigenvalue weighted by Gasteiger charge is 2.18. The average Bonchev–Trinajstić information content (AvgIpc) is 2.30. The molecule has 0 spiro atoms. The van der Waals surface area contributed by atoms with E-state index in [1.807, 2.05) is 25.1 Å². The third-order valence-corrected chi connectivity index (χ3v) is 2.76. The molecule has 0 aliphatic rings. The fraction of sp³-hybridized carbons (Fsp3) is 0.462. The van der Waals surface area contributed by atoms with Gasteiger partial charge in [0.25, 0.3) is 0 Å². The Morgan fingerprint density at radius 1 is 1.50 bits per heavy atom. The summed E-state index contributed by atoms with van der Waals surface area (Å²) in [6.45, 7) is 4.04. The summed E-state index contributed by atoms with van der Waals surface area (Å²) >= 11 is 0. The Bertz CT molecular complexity index is 371. The molecule has 16 heavy (non-hydrogen) atoms. The van der Waals surface area contributed by atoms with Crippen molar-refractivity contribution in [2.75, 3.05) is 7.11 Å². The molecule has 0 saturated carbocycles. The Hall–Kier alpha value is -1.35. The molecule has 0 aliphatic carbocycles. The summed E-state index contributed by atoms with van der Waals surface area (Å²) in [5.41, 5.74) is 3.31.